The maximum atomic E-state index is 5.67. The van der Waals surface area contributed by atoms with Crippen molar-refractivity contribution < 1.29 is 18.9 Å². The van der Waals surface area contributed by atoms with Gasteiger partial charge in [-0.25, -0.2) is 0 Å². The van der Waals surface area contributed by atoms with Crippen LogP contribution in [0.3, 0.4) is 0 Å². The van der Waals surface area contributed by atoms with E-state index in [0.717, 1.165) is 48.9 Å². The molecule has 4 rings (SSSR count). The molecule has 0 amide bonds. The Bertz CT molecular complexity index is 818. The number of ether oxygens (including phenoxy) is 4. The summed E-state index contributed by atoms with van der Waals surface area (Å²) in [4.78, 5) is 0. The number of fused-ring (bicyclic) bond motifs is 3. The van der Waals surface area contributed by atoms with Crippen LogP contribution in [-0.2, 0) is 19.4 Å². The van der Waals surface area contributed by atoms with E-state index in [4.69, 9.17) is 18.9 Å². The molecule has 1 unspecified atom stereocenters. The smallest absolute Gasteiger partial charge is 0.231 e. The fourth-order valence-corrected chi connectivity index (χ4v) is 3.97. The molecule has 2 aromatic rings. The minimum atomic E-state index is 0.310. The van der Waals surface area contributed by atoms with Crippen LogP contribution in [0.5, 0.6) is 23.0 Å². The highest BCUT2D eigenvalue weighted by molar-refractivity contribution is 5.53. The molecule has 1 atom stereocenters. The first-order chi connectivity index (χ1) is 12.7. The van der Waals surface area contributed by atoms with E-state index in [-0.39, 0.29) is 0 Å². The van der Waals surface area contributed by atoms with Crippen LogP contribution in [-0.4, -0.2) is 27.6 Å². The van der Waals surface area contributed by atoms with Crippen molar-refractivity contribution in [2.45, 2.75) is 32.2 Å². The highest BCUT2D eigenvalue weighted by atomic mass is 16.7. The van der Waals surface area contributed by atoms with Crippen molar-refractivity contribution in [3.8, 4) is 23.0 Å². The van der Waals surface area contributed by atoms with E-state index in [0.29, 0.717) is 12.7 Å². The summed E-state index contributed by atoms with van der Waals surface area (Å²) in [6, 6.07) is 8.46. The maximum absolute atomic E-state index is 5.67. The molecule has 2 aromatic carbocycles. The molecule has 0 spiro atoms. The Hall–Kier alpha value is -2.40. The van der Waals surface area contributed by atoms with E-state index in [2.05, 4.69) is 30.4 Å². The first-order valence-electron chi connectivity index (χ1n) is 9.07. The Balaban J connectivity index is 1.75. The lowest BCUT2D eigenvalue weighted by molar-refractivity contribution is 0.174. The fourth-order valence-electron chi connectivity index (χ4n) is 3.97. The van der Waals surface area contributed by atoms with Gasteiger partial charge >= 0.3 is 0 Å². The van der Waals surface area contributed by atoms with E-state index in [1.54, 1.807) is 14.2 Å². The van der Waals surface area contributed by atoms with Crippen molar-refractivity contribution >= 4 is 0 Å². The number of hydrogen-bond donors (Lipinski definition) is 1. The van der Waals surface area contributed by atoms with Crippen molar-refractivity contribution in [2.24, 2.45) is 0 Å². The van der Waals surface area contributed by atoms with Crippen LogP contribution in [0.2, 0.25) is 0 Å². The topological polar surface area (TPSA) is 49.0 Å². The number of nitrogens with one attached hydrogen (secondary N) is 1. The normalized spacial score (nSPS) is 18.7. The molecule has 0 saturated heterocycles. The molecular weight excluding hydrogens is 330 g/mol. The van der Waals surface area contributed by atoms with Crippen LogP contribution in [0.25, 0.3) is 0 Å². The molecule has 2 aliphatic rings. The van der Waals surface area contributed by atoms with Gasteiger partial charge in [-0.05, 0) is 60.2 Å². The molecule has 2 aliphatic heterocycles. The van der Waals surface area contributed by atoms with Crippen LogP contribution >= 0.6 is 0 Å². The van der Waals surface area contributed by atoms with E-state index in [1.807, 2.05) is 6.07 Å². The number of methoxy groups -OCH3 is 2. The van der Waals surface area contributed by atoms with Gasteiger partial charge in [-0.2, -0.15) is 0 Å². The van der Waals surface area contributed by atoms with Crippen molar-refractivity contribution in [3.63, 3.8) is 0 Å². The van der Waals surface area contributed by atoms with Crippen LogP contribution in [0.4, 0.5) is 0 Å². The minimum Gasteiger partial charge on any atom is -0.493 e. The molecule has 0 fully saturated rings. The van der Waals surface area contributed by atoms with Crippen molar-refractivity contribution in [1.29, 1.82) is 0 Å². The van der Waals surface area contributed by atoms with Gasteiger partial charge in [0.1, 0.15) is 0 Å². The van der Waals surface area contributed by atoms with Gasteiger partial charge in [0, 0.05) is 12.1 Å². The second-order valence-corrected chi connectivity index (χ2v) is 6.87. The van der Waals surface area contributed by atoms with Gasteiger partial charge in [-0.3, -0.25) is 0 Å². The second kappa shape index (κ2) is 7.08. The summed E-state index contributed by atoms with van der Waals surface area (Å²) in [5.41, 5.74) is 5.13. The van der Waals surface area contributed by atoms with E-state index in [1.165, 1.54) is 22.3 Å². The van der Waals surface area contributed by atoms with Crippen molar-refractivity contribution in [1.82, 2.24) is 5.32 Å². The third-order valence-electron chi connectivity index (χ3n) is 5.31. The van der Waals surface area contributed by atoms with Crippen LogP contribution < -0.4 is 24.3 Å². The Morgan fingerprint density at radius 1 is 1.04 bits per heavy atom. The van der Waals surface area contributed by atoms with Crippen LogP contribution in [0.15, 0.2) is 24.3 Å². The first-order valence-corrected chi connectivity index (χ1v) is 9.07. The quantitative estimate of drug-likeness (QED) is 0.894. The summed E-state index contributed by atoms with van der Waals surface area (Å²) in [7, 11) is 3.38. The predicted molar refractivity (Wildman–Crippen MR) is 99.6 cm³/mol. The summed E-state index contributed by atoms with van der Waals surface area (Å²) in [6.45, 7) is 4.24. The molecule has 138 valence electrons. The number of rotatable bonds is 2. The zero-order valence-electron chi connectivity index (χ0n) is 15.6. The van der Waals surface area contributed by atoms with E-state index in [9.17, 15) is 0 Å². The van der Waals surface area contributed by atoms with Gasteiger partial charge in [0.25, 0.3) is 0 Å². The molecule has 5 nitrogen and oxygen atoms in total. The van der Waals surface area contributed by atoms with Gasteiger partial charge in [-0.1, -0.05) is 13.0 Å². The Morgan fingerprint density at radius 2 is 1.85 bits per heavy atom. The molecule has 1 N–H and O–H groups in total. The lowest BCUT2D eigenvalue weighted by Gasteiger charge is -2.23. The molecule has 0 saturated carbocycles. The average Bonchev–Trinajstić information content (AvgIpc) is 3.11. The highest BCUT2D eigenvalue weighted by Crippen LogP contribution is 2.40. The van der Waals surface area contributed by atoms with Crippen molar-refractivity contribution in [2.75, 3.05) is 27.6 Å². The molecule has 0 aliphatic carbocycles. The molecule has 5 heteroatoms. The third kappa shape index (κ3) is 2.97. The monoisotopic (exact) mass is 355 g/mol. The van der Waals surface area contributed by atoms with Crippen LogP contribution in [0.1, 0.15) is 35.1 Å². The fraction of sp³-hybridized carbons (Fsp3) is 0.429. The number of hydrogen-bond acceptors (Lipinski definition) is 5. The Morgan fingerprint density at radius 3 is 2.62 bits per heavy atom. The predicted octanol–water partition coefficient (Wildman–Crippen LogP) is 3.42. The summed E-state index contributed by atoms with van der Waals surface area (Å²) in [5.74, 6) is 3.69. The maximum Gasteiger partial charge on any atom is 0.231 e. The number of benzene rings is 2. The highest BCUT2D eigenvalue weighted by Gasteiger charge is 2.23. The van der Waals surface area contributed by atoms with Gasteiger partial charge < -0.3 is 24.3 Å². The zero-order chi connectivity index (χ0) is 18.1. The van der Waals surface area contributed by atoms with E-state index < -0.39 is 0 Å². The summed E-state index contributed by atoms with van der Waals surface area (Å²) >= 11 is 0. The molecular formula is C21H25NO4. The molecule has 0 radical (unpaired) electrons. The van der Waals surface area contributed by atoms with Crippen LogP contribution in [0, 0.1) is 0 Å². The molecule has 26 heavy (non-hydrogen) atoms. The average molecular weight is 355 g/mol. The lowest BCUT2D eigenvalue weighted by Crippen LogP contribution is -2.21. The van der Waals surface area contributed by atoms with Gasteiger partial charge in [0.15, 0.2) is 23.0 Å². The zero-order valence-corrected chi connectivity index (χ0v) is 15.6. The third-order valence-corrected chi connectivity index (χ3v) is 5.31. The van der Waals surface area contributed by atoms with Crippen molar-refractivity contribution in [3.05, 3.63) is 46.5 Å². The summed E-state index contributed by atoms with van der Waals surface area (Å²) < 4.78 is 22.3. The SMILES string of the molecule is COc1ccc2c(c1OC)CNCCc1cc3c(cc1C(C)C2)OCO3. The second-order valence-electron chi connectivity index (χ2n) is 6.87. The Labute approximate surface area is 154 Å². The largest absolute Gasteiger partial charge is 0.493 e. The summed E-state index contributed by atoms with van der Waals surface area (Å²) in [6.07, 6.45) is 1.89. The Kier molecular flexibility index (Phi) is 4.64. The standard InChI is InChI=1S/C21H25NO4/c1-13-8-14-4-5-18(23-2)21(24-3)17(14)11-22-7-6-15-9-19-20(10-16(13)15)26-12-25-19/h4-5,9-10,13,22H,6-8,11-12H2,1-3H3. The van der Waals surface area contributed by atoms with Gasteiger partial charge in [-0.15, -0.1) is 0 Å². The first kappa shape index (κ1) is 17.0. The van der Waals surface area contributed by atoms with E-state index >= 15 is 0 Å². The molecule has 2 heterocycles. The minimum absolute atomic E-state index is 0.310. The lowest BCUT2D eigenvalue weighted by atomic mass is 9.86. The van der Waals surface area contributed by atoms with Gasteiger partial charge in [0.05, 0.1) is 14.2 Å². The van der Waals surface area contributed by atoms with Gasteiger partial charge in [0.2, 0.25) is 6.79 Å². The molecule has 0 bridgehead atoms. The summed E-state index contributed by atoms with van der Waals surface area (Å²) in [5, 5.41) is 3.55. The molecule has 0 aromatic heterocycles.